The average molecular weight is 205 g/mol. The smallest absolute Gasteiger partial charge is 0.0719 e. The third kappa shape index (κ3) is 2.80. The molecule has 0 aliphatic heterocycles. The van der Waals surface area contributed by atoms with Crippen molar-refractivity contribution in [3.63, 3.8) is 0 Å². The summed E-state index contributed by atoms with van der Waals surface area (Å²) in [5.74, 6) is 5.83. The maximum Gasteiger partial charge on any atom is 0.0719 e. The Morgan fingerprint density at radius 1 is 1.27 bits per heavy atom. The lowest BCUT2D eigenvalue weighted by Crippen LogP contribution is -2.04. The van der Waals surface area contributed by atoms with Crippen LogP contribution in [0, 0.1) is 0 Å². The highest BCUT2D eigenvalue weighted by molar-refractivity contribution is 5.27. The van der Waals surface area contributed by atoms with Gasteiger partial charge >= 0.3 is 0 Å². The van der Waals surface area contributed by atoms with E-state index >= 15 is 0 Å². The summed E-state index contributed by atoms with van der Waals surface area (Å²) in [7, 11) is 0. The van der Waals surface area contributed by atoms with E-state index in [1.165, 1.54) is 36.8 Å². The van der Waals surface area contributed by atoms with Crippen LogP contribution in [0.3, 0.4) is 0 Å². The van der Waals surface area contributed by atoms with Crippen molar-refractivity contribution >= 4 is 0 Å². The first-order chi connectivity index (χ1) is 7.40. The van der Waals surface area contributed by atoms with E-state index in [2.05, 4.69) is 29.1 Å². The SMILES string of the molecule is NOCCc1cccc(C2CCCC2)c1. The molecule has 1 aromatic rings. The van der Waals surface area contributed by atoms with Gasteiger partial charge in [0.25, 0.3) is 0 Å². The molecule has 0 saturated heterocycles. The predicted molar refractivity (Wildman–Crippen MR) is 61.5 cm³/mol. The molecule has 0 amide bonds. The summed E-state index contributed by atoms with van der Waals surface area (Å²) in [5.41, 5.74) is 2.84. The maximum atomic E-state index is 5.04. The topological polar surface area (TPSA) is 35.2 Å². The second-order valence-electron chi connectivity index (χ2n) is 4.35. The Morgan fingerprint density at radius 3 is 2.80 bits per heavy atom. The molecule has 0 aromatic heterocycles. The monoisotopic (exact) mass is 205 g/mol. The molecule has 0 atom stereocenters. The number of hydrogen-bond acceptors (Lipinski definition) is 2. The van der Waals surface area contributed by atoms with Crippen LogP contribution in [0.2, 0.25) is 0 Å². The zero-order valence-electron chi connectivity index (χ0n) is 9.11. The van der Waals surface area contributed by atoms with Crippen molar-refractivity contribution < 1.29 is 4.84 Å². The Morgan fingerprint density at radius 2 is 2.07 bits per heavy atom. The molecule has 1 fully saturated rings. The van der Waals surface area contributed by atoms with Crippen molar-refractivity contribution in [1.29, 1.82) is 0 Å². The first-order valence-electron chi connectivity index (χ1n) is 5.80. The minimum atomic E-state index is 0.605. The van der Waals surface area contributed by atoms with Crippen molar-refractivity contribution in [1.82, 2.24) is 0 Å². The summed E-state index contributed by atoms with van der Waals surface area (Å²) in [5, 5.41) is 0. The summed E-state index contributed by atoms with van der Waals surface area (Å²) >= 11 is 0. The van der Waals surface area contributed by atoms with E-state index in [4.69, 9.17) is 5.90 Å². The van der Waals surface area contributed by atoms with Crippen LogP contribution in [-0.2, 0) is 11.3 Å². The van der Waals surface area contributed by atoms with Crippen molar-refractivity contribution in [2.24, 2.45) is 5.90 Å². The van der Waals surface area contributed by atoms with Crippen LogP contribution in [0.1, 0.15) is 42.7 Å². The lowest BCUT2D eigenvalue weighted by Gasteiger charge is -2.10. The van der Waals surface area contributed by atoms with Gasteiger partial charge in [0.2, 0.25) is 0 Å². The van der Waals surface area contributed by atoms with Crippen LogP contribution in [-0.4, -0.2) is 6.61 Å². The van der Waals surface area contributed by atoms with E-state index in [0.717, 1.165) is 12.3 Å². The molecule has 15 heavy (non-hydrogen) atoms. The number of rotatable bonds is 4. The van der Waals surface area contributed by atoms with Crippen LogP contribution >= 0.6 is 0 Å². The highest BCUT2D eigenvalue weighted by Gasteiger charge is 2.16. The lowest BCUT2D eigenvalue weighted by atomic mass is 9.95. The number of nitrogens with two attached hydrogens (primary N) is 1. The molecule has 2 N–H and O–H groups in total. The summed E-state index contributed by atoms with van der Waals surface area (Å²) in [6, 6.07) is 8.87. The van der Waals surface area contributed by atoms with E-state index in [0.29, 0.717) is 6.61 Å². The Bertz CT molecular complexity index is 305. The molecule has 2 rings (SSSR count). The molecule has 1 aliphatic carbocycles. The molecular weight excluding hydrogens is 186 g/mol. The minimum Gasteiger partial charge on any atom is -0.304 e. The predicted octanol–water partition coefficient (Wildman–Crippen LogP) is 2.78. The van der Waals surface area contributed by atoms with E-state index in [1.54, 1.807) is 0 Å². The molecule has 2 heteroatoms. The van der Waals surface area contributed by atoms with Gasteiger partial charge in [-0.15, -0.1) is 0 Å². The summed E-state index contributed by atoms with van der Waals surface area (Å²) in [6.45, 7) is 0.605. The molecule has 0 spiro atoms. The highest BCUT2D eigenvalue weighted by atomic mass is 16.6. The van der Waals surface area contributed by atoms with Gasteiger partial charge in [-0.3, -0.25) is 0 Å². The van der Waals surface area contributed by atoms with Gasteiger partial charge in [-0.25, -0.2) is 5.90 Å². The summed E-state index contributed by atoms with van der Waals surface area (Å²) in [6.07, 6.45) is 6.41. The van der Waals surface area contributed by atoms with E-state index < -0.39 is 0 Å². The van der Waals surface area contributed by atoms with Crippen LogP contribution in [0.5, 0.6) is 0 Å². The molecule has 0 bridgehead atoms. The fraction of sp³-hybridized carbons (Fsp3) is 0.538. The third-order valence-electron chi connectivity index (χ3n) is 3.29. The molecule has 1 saturated carbocycles. The second kappa shape index (κ2) is 5.29. The van der Waals surface area contributed by atoms with E-state index in [1.807, 2.05) is 0 Å². The van der Waals surface area contributed by atoms with Crippen molar-refractivity contribution in [2.45, 2.75) is 38.0 Å². The van der Waals surface area contributed by atoms with E-state index in [-0.39, 0.29) is 0 Å². The maximum absolute atomic E-state index is 5.04. The number of hydrogen-bond donors (Lipinski definition) is 1. The van der Waals surface area contributed by atoms with Gasteiger partial charge in [0, 0.05) is 0 Å². The third-order valence-corrected chi connectivity index (χ3v) is 3.29. The van der Waals surface area contributed by atoms with Crippen molar-refractivity contribution in [3.8, 4) is 0 Å². The first-order valence-corrected chi connectivity index (χ1v) is 5.80. The largest absolute Gasteiger partial charge is 0.304 e. The van der Waals surface area contributed by atoms with Crippen molar-refractivity contribution in [2.75, 3.05) is 6.61 Å². The van der Waals surface area contributed by atoms with Gasteiger partial charge in [0.15, 0.2) is 0 Å². The zero-order valence-corrected chi connectivity index (χ0v) is 9.11. The molecule has 0 radical (unpaired) electrons. The fourth-order valence-corrected chi connectivity index (χ4v) is 2.44. The molecular formula is C13H19NO. The van der Waals surface area contributed by atoms with E-state index in [9.17, 15) is 0 Å². The fourth-order valence-electron chi connectivity index (χ4n) is 2.44. The van der Waals surface area contributed by atoms with Gasteiger partial charge in [-0.1, -0.05) is 37.1 Å². The standard InChI is InChI=1S/C13H19NO/c14-15-9-8-11-4-3-7-13(10-11)12-5-1-2-6-12/h3-4,7,10,12H,1-2,5-6,8-9,14H2. The Kier molecular flexibility index (Phi) is 3.75. The van der Waals surface area contributed by atoms with Crippen LogP contribution in [0.25, 0.3) is 0 Å². The van der Waals surface area contributed by atoms with Gasteiger partial charge in [-0.2, -0.15) is 0 Å². The molecule has 0 heterocycles. The Labute approximate surface area is 91.4 Å². The molecule has 82 valence electrons. The van der Waals surface area contributed by atoms with Gasteiger partial charge < -0.3 is 4.84 Å². The molecule has 2 nitrogen and oxygen atoms in total. The average Bonchev–Trinajstić information content (AvgIpc) is 2.80. The van der Waals surface area contributed by atoms with Crippen LogP contribution in [0.4, 0.5) is 0 Å². The minimum absolute atomic E-state index is 0.605. The van der Waals surface area contributed by atoms with Gasteiger partial charge in [0.1, 0.15) is 0 Å². The number of benzene rings is 1. The quantitative estimate of drug-likeness (QED) is 0.767. The van der Waals surface area contributed by atoms with Crippen LogP contribution < -0.4 is 5.90 Å². The van der Waals surface area contributed by atoms with Gasteiger partial charge in [0.05, 0.1) is 6.61 Å². The highest BCUT2D eigenvalue weighted by Crippen LogP contribution is 2.34. The molecule has 1 aromatic carbocycles. The summed E-state index contributed by atoms with van der Waals surface area (Å²) in [4.78, 5) is 4.61. The lowest BCUT2D eigenvalue weighted by molar-refractivity contribution is 0.141. The Balaban J connectivity index is 2.04. The molecule has 0 unspecified atom stereocenters. The molecule has 1 aliphatic rings. The van der Waals surface area contributed by atoms with Crippen molar-refractivity contribution in [3.05, 3.63) is 35.4 Å². The zero-order chi connectivity index (χ0) is 10.5. The van der Waals surface area contributed by atoms with Gasteiger partial charge in [-0.05, 0) is 36.3 Å². The van der Waals surface area contributed by atoms with Crippen LogP contribution in [0.15, 0.2) is 24.3 Å². The normalized spacial score (nSPS) is 17.1. The summed E-state index contributed by atoms with van der Waals surface area (Å²) < 4.78 is 0. The Hall–Kier alpha value is -0.860. The first kappa shape index (κ1) is 10.7. The second-order valence-corrected chi connectivity index (χ2v) is 4.35.